The van der Waals surface area contributed by atoms with Gasteiger partial charge in [0.15, 0.2) is 0 Å². The third-order valence-electron chi connectivity index (χ3n) is 10.5. The van der Waals surface area contributed by atoms with Crippen molar-refractivity contribution in [2.45, 2.75) is 78.6 Å². The molecule has 5 aromatic carbocycles. The second-order valence-corrected chi connectivity index (χ2v) is 17.6. The minimum Gasteiger partial charge on any atom is -0.507 e. The quantitative estimate of drug-likeness (QED) is 0.179. The molecule has 1 aliphatic heterocycles. The second-order valence-electron chi connectivity index (χ2n) is 17.6. The SMILES string of the molecule is CC(C)(C)c1cc(-c2cc(-c3ccccc3)ccn2)[c-]c(-c2ccc3c4c2nc(-c2cc(C(C)(C)C)cc(C(C)(C)C)c2O)n4-c2ccccc2N=C3)c1.[Pt]. The molecule has 3 heterocycles. The maximum absolute atomic E-state index is 12.2. The summed E-state index contributed by atoms with van der Waals surface area (Å²) in [5, 5.41) is 12.2. The van der Waals surface area contributed by atoms with Gasteiger partial charge in [0.1, 0.15) is 11.6 Å². The van der Waals surface area contributed by atoms with E-state index in [1.165, 1.54) is 5.56 Å². The van der Waals surface area contributed by atoms with Crippen molar-refractivity contribution < 1.29 is 26.2 Å². The van der Waals surface area contributed by atoms with Crippen molar-refractivity contribution in [2.24, 2.45) is 4.99 Å². The van der Waals surface area contributed by atoms with Gasteiger partial charge in [0.05, 0.1) is 28.0 Å². The van der Waals surface area contributed by atoms with Gasteiger partial charge in [-0.1, -0.05) is 140 Å². The van der Waals surface area contributed by atoms with Crippen LogP contribution < -0.4 is 0 Å². The van der Waals surface area contributed by atoms with Crippen molar-refractivity contribution in [2.75, 3.05) is 0 Å². The van der Waals surface area contributed by atoms with Gasteiger partial charge < -0.3 is 5.11 Å². The molecule has 280 valence electrons. The number of hydrogen-bond acceptors (Lipinski definition) is 4. The average Bonchev–Trinajstić information content (AvgIpc) is 3.45. The number of aliphatic imine (C=N–C) groups is 1. The van der Waals surface area contributed by atoms with Gasteiger partial charge in [0.2, 0.25) is 0 Å². The molecule has 0 bridgehead atoms. The molecule has 0 atom stereocenters. The van der Waals surface area contributed by atoms with E-state index in [1.54, 1.807) is 0 Å². The molecule has 1 aliphatic rings. The molecule has 0 radical (unpaired) electrons. The summed E-state index contributed by atoms with van der Waals surface area (Å²) in [5.74, 6) is 0.927. The first-order valence-corrected chi connectivity index (χ1v) is 18.8. The van der Waals surface area contributed by atoms with Crippen LogP contribution in [-0.2, 0) is 37.3 Å². The summed E-state index contributed by atoms with van der Waals surface area (Å²) in [6.45, 7) is 19.8. The number of pyridine rings is 1. The third kappa shape index (κ3) is 7.00. The number of hydrogen-bond donors (Lipinski definition) is 1. The number of para-hydroxylation sites is 2. The molecule has 7 aromatic rings. The fraction of sp³-hybridized carbons (Fsp3) is 0.245. The van der Waals surface area contributed by atoms with Crippen molar-refractivity contribution in [3.8, 4) is 56.3 Å². The minimum absolute atomic E-state index is 0. The number of imidazole rings is 1. The van der Waals surface area contributed by atoms with Crippen LogP contribution in [0.1, 0.15) is 84.6 Å². The molecule has 0 saturated carbocycles. The van der Waals surface area contributed by atoms with Crippen molar-refractivity contribution in [1.82, 2.24) is 14.5 Å². The first kappa shape index (κ1) is 38.2. The Morgan fingerprint density at radius 2 is 1.31 bits per heavy atom. The van der Waals surface area contributed by atoms with E-state index in [2.05, 4.69) is 152 Å². The Morgan fingerprint density at radius 1 is 0.636 bits per heavy atom. The van der Waals surface area contributed by atoms with E-state index in [1.807, 2.05) is 36.7 Å². The second kappa shape index (κ2) is 13.9. The van der Waals surface area contributed by atoms with E-state index >= 15 is 0 Å². The predicted molar refractivity (Wildman–Crippen MR) is 224 cm³/mol. The molecule has 0 fully saturated rings. The number of nitrogens with zero attached hydrogens (tertiary/aromatic N) is 4. The molecular formula is C49H47N4OPt-. The fourth-order valence-electron chi connectivity index (χ4n) is 7.33. The van der Waals surface area contributed by atoms with E-state index in [0.717, 1.165) is 72.6 Å². The summed E-state index contributed by atoms with van der Waals surface area (Å²) in [7, 11) is 0. The number of phenolic OH excluding ortho intramolecular Hbond substituents is 1. The molecule has 0 spiro atoms. The minimum atomic E-state index is -0.299. The van der Waals surface area contributed by atoms with Gasteiger partial charge in [0, 0.05) is 50.3 Å². The zero-order chi connectivity index (χ0) is 38.2. The van der Waals surface area contributed by atoms with E-state index in [-0.39, 0.29) is 43.1 Å². The molecule has 0 aliphatic carbocycles. The molecule has 0 saturated heterocycles. The Balaban J connectivity index is 0.00000465. The van der Waals surface area contributed by atoms with Crippen molar-refractivity contribution in [3.05, 3.63) is 138 Å². The van der Waals surface area contributed by atoms with Gasteiger partial charge in [-0.25, -0.2) is 4.98 Å². The molecule has 5 nitrogen and oxygen atoms in total. The van der Waals surface area contributed by atoms with Crippen molar-refractivity contribution >= 4 is 22.9 Å². The van der Waals surface area contributed by atoms with Gasteiger partial charge in [-0.3, -0.25) is 14.5 Å². The Bertz CT molecular complexity index is 2610. The monoisotopic (exact) mass is 902 g/mol. The van der Waals surface area contributed by atoms with Crippen LogP contribution in [0.5, 0.6) is 5.75 Å². The molecule has 8 rings (SSSR count). The Morgan fingerprint density at radius 3 is 2.02 bits per heavy atom. The fourth-order valence-corrected chi connectivity index (χ4v) is 7.33. The van der Waals surface area contributed by atoms with Crippen LogP contribution in [0.3, 0.4) is 0 Å². The Labute approximate surface area is 339 Å². The van der Waals surface area contributed by atoms with E-state index in [9.17, 15) is 5.11 Å². The number of benzene rings is 5. The van der Waals surface area contributed by atoms with Crippen molar-refractivity contribution in [3.63, 3.8) is 0 Å². The van der Waals surface area contributed by atoms with Crippen LogP contribution in [0.25, 0.3) is 61.6 Å². The normalized spacial score (nSPS) is 12.7. The maximum Gasteiger partial charge on any atom is 0.148 e. The first-order valence-electron chi connectivity index (χ1n) is 18.8. The van der Waals surface area contributed by atoms with Crippen molar-refractivity contribution in [1.29, 1.82) is 0 Å². The standard InChI is InChI=1S/C49H47N4O.Pt/c1-47(2,3)35-24-33(23-34(25-35)41-26-31(21-22-50-41)30-15-11-10-12-16-30)37-20-19-32-29-51-40-17-13-14-18-42(40)53-44(32)43(37)52-46(53)38-27-36(48(4,5)6)28-39(45(38)54)49(7,8)9;/h10-22,24-29,54H,1-9H3;/q-1;. The molecule has 6 heteroatoms. The third-order valence-corrected chi connectivity index (χ3v) is 10.5. The van der Waals surface area contributed by atoms with Crippen LogP contribution in [0.15, 0.2) is 114 Å². The van der Waals surface area contributed by atoms with Gasteiger partial charge in [0.25, 0.3) is 0 Å². The van der Waals surface area contributed by atoms with Gasteiger partial charge in [-0.2, -0.15) is 0 Å². The van der Waals surface area contributed by atoms with Crippen LogP contribution in [-0.4, -0.2) is 25.9 Å². The largest absolute Gasteiger partial charge is 0.507 e. The van der Waals surface area contributed by atoms with Gasteiger partial charge in [-0.05, 0) is 57.2 Å². The van der Waals surface area contributed by atoms with Gasteiger partial charge >= 0.3 is 0 Å². The number of rotatable bonds is 4. The Kier molecular flexibility index (Phi) is 9.62. The number of aromatic hydroxyl groups is 1. The van der Waals surface area contributed by atoms with E-state index < -0.39 is 0 Å². The summed E-state index contributed by atoms with van der Waals surface area (Å²) in [6.07, 6.45) is 3.82. The van der Waals surface area contributed by atoms with Crippen LogP contribution >= 0.6 is 0 Å². The molecule has 55 heavy (non-hydrogen) atoms. The molecule has 1 N–H and O–H groups in total. The van der Waals surface area contributed by atoms with E-state index in [4.69, 9.17) is 15.0 Å². The summed E-state index contributed by atoms with van der Waals surface area (Å²) in [6, 6.07) is 39.6. The number of phenols is 1. The van der Waals surface area contributed by atoms with Crippen LogP contribution in [0.4, 0.5) is 5.69 Å². The number of aromatic nitrogens is 3. The predicted octanol–water partition coefficient (Wildman–Crippen LogP) is 12.5. The zero-order valence-electron chi connectivity index (χ0n) is 33.0. The number of fused-ring (bicyclic) bond motifs is 2. The first-order chi connectivity index (χ1) is 25.6. The Hall–Kier alpha value is -5.12. The maximum atomic E-state index is 12.2. The van der Waals surface area contributed by atoms with Gasteiger partial charge in [-0.15, -0.1) is 29.3 Å². The molecular weight excluding hydrogens is 856 g/mol. The van der Waals surface area contributed by atoms with Crippen LogP contribution in [0, 0.1) is 6.07 Å². The molecule has 0 unspecified atom stereocenters. The summed E-state index contributed by atoms with van der Waals surface area (Å²) < 4.78 is 2.20. The summed E-state index contributed by atoms with van der Waals surface area (Å²) in [5.41, 5.74) is 13.7. The zero-order valence-corrected chi connectivity index (χ0v) is 35.3. The van der Waals surface area contributed by atoms with E-state index in [0.29, 0.717) is 11.4 Å². The summed E-state index contributed by atoms with van der Waals surface area (Å²) >= 11 is 0. The average molecular weight is 903 g/mol. The van der Waals surface area contributed by atoms with Crippen LogP contribution in [0.2, 0.25) is 0 Å². The summed E-state index contributed by atoms with van der Waals surface area (Å²) in [4.78, 5) is 15.3. The molecule has 2 aromatic heterocycles. The topological polar surface area (TPSA) is 63.3 Å². The molecule has 0 amide bonds. The smallest absolute Gasteiger partial charge is 0.148 e.